The molecule has 2 heterocycles. The molecule has 0 amide bonds. The molecule has 1 aromatic heterocycles. The summed E-state index contributed by atoms with van der Waals surface area (Å²) in [4.78, 5) is 6.52. The summed E-state index contributed by atoms with van der Waals surface area (Å²) in [7, 11) is 0. The van der Waals surface area contributed by atoms with Crippen LogP contribution in [0.15, 0.2) is 18.3 Å². The van der Waals surface area contributed by atoms with Gasteiger partial charge in [0.2, 0.25) is 0 Å². The van der Waals surface area contributed by atoms with E-state index in [1.807, 2.05) is 12.1 Å². The first-order valence-corrected chi connectivity index (χ1v) is 6.37. The minimum atomic E-state index is -0.742. The van der Waals surface area contributed by atoms with Gasteiger partial charge in [0.15, 0.2) is 0 Å². The van der Waals surface area contributed by atoms with E-state index in [0.29, 0.717) is 6.54 Å². The van der Waals surface area contributed by atoms with Crippen LogP contribution in [0.4, 0.5) is 11.5 Å². The predicted octanol–water partition coefficient (Wildman–Crippen LogP) is 0.802. The van der Waals surface area contributed by atoms with Crippen molar-refractivity contribution in [1.29, 1.82) is 0 Å². The number of aliphatic hydroxyl groups is 1. The van der Waals surface area contributed by atoms with Gasteiger partial charge in [0.05, 0.1) is 5.60 Å². The molecule has 0 radical (unpaired) electrons. The van der Waals surface area contributed by atoms with Crippen molar-refractivity contribution >= 4 is 11.5 Å². The fourth-order valence-electron chi connectivity index (χ4n) is 2.04. The van der Waals surface area contributed by atoms with Crippen molar-refractivity contribution < 1.29 is 5.11 Å². The van der Waals surface area contributed by atoms with E-state index in [1.54, 1.807) is 20.0 Å². The maximum absolute atomic E-state index is 9.68. The number of pyridine rings is 1. The summed E-state index contributed by atoms with van der Waals surface area (Å²) in [6.07, 6.45) is 2.82. The molecule has 1 atom stereocenters. The summed E-state index contributed by atoms with van der Waals surface area (Å²) < 4.78 is 0. The molecule has 0 unspecified atom stereocenters. The second-order valence-electron chi connectivity index (χ2n) is 5.56. The summed E-state index contributed by atoms with van der Waals surface area (Å²) in [5, 5.41) is 12.8. The number of hydrogen-bond donors (Lipinski definition) is 3. The van der Waals surface area contributed by atoms with Gasteiger partial charge in [-0.15, -0.1) is 0 Å². The quantitative estimate of drug-likeness (QED) is 0.737. The topological polar surface area (TPSA) is 74.4 Å². The molecule has 0 aliphatic carbocycles. The Balaban J connectivity index is 2.01. The summed E-state index contributed by atoms with van der Waals surface area (Å²) in [6.45, 7) is 5.90. The Hall–Kier alpha value is -1.33. The number of rotatable bonds is 4. The van der Waals surface area contributed by atoms with Crippen LogP contribution in [0.3, 0.4) is 0 Å². The van der Waals surface area contributed by atoms with Gasteiger partial charge in [0.25, 0.3) is 0 Å². The third-order valence-corrected chi connectivity index (χ3v) is 3.04. The van der Waals surface area contributed by atoms with Crippen molar-refractivity contribution in [3.05, 3.63) is 18.3 Å². The molecule has 0 aromatic carbocycles. The Morgan fingerprint density at radius 1 is 1.61 bits per heavy atom. The molecule has 0 saturated carbocycles. The zero-order valence-electron chi connectivity index (χ0n) is 11.1. The maximum atomic E-state index is 9.68. The average molecular weight is 250 g/mol. The largest absolute Gasteiger partial charge is 0.389 e. The van der Waals surface area contributed by atoms with Crippen LogP contribution in [0, 0.1) is 0 Å². The number of anilines is 2. The van der Waals surface area contributed by atoms with Crippen molar-refractivity contribution in [2.75, 3.05) is 29.9 Å². The standard InChI is InChI=1S/C13H22N4O/c1-13(2,18)9-16-12-7-11(3-5-15-12)17-6-4-10(14)8-17/h3,5,7,10,18H,4,6,8-9,14H2,1-2H3,(H,15,16)/t10-/m0/s1. The van der Waals surface area contributed by atoms with E-state index in [9.17, 15) is 5.11 Å². The summed E-state index contributed by atoms with van der Waals surface area (Å²) in [6, 6.07) is 4.27. The number of nitrogens with zero attached hydrogens (tertiary/aromatic N) is 2. The first kappa shape index (κ1) is 13.1. The lowest BCUT2D eigenvalue weighted by Gasteiger charge is -2.21. The van der Waals surface area contributed by atoms with Crippen molar-refractivity contribution in [1.82, 2.24) is 4.98 Å². The highest BCUT2D eigenvalue weighted by atomic mass is 16.3. The highest BCUT2D eigenvalue weighted by Gasteiger charge is 2.19. The van der Waals surface area contributed by atoms with Crippen molar-refractivity contribution in [3.8, 4) is 0 Å². The van der Waals surface area contributed by atoms with Crippen LogP contribution in [0.25, 0.3) is 0 Å². The monoisotopic (exact) mass is 250 g/mol. The van der Waals surface area contributed by atoms with Gasteiger partial charge in [-0.05, 0) is 26.3 Å². The van der Waals surface area contributed by atoms with Crippen molar-refractivity contribution in [3.63, 3.8) is 0 Å². The van der Waals surface area contributed by atoms with Gasteiger partial charge in [-0.3, -0.25) is 0 Å². The van der Waals surface area contributed by atoms with Gasteiger partial charge < -0.3 is 21.1 Å². The Kier molecular flexibility index (Phi) is 3.73. The van der Waals surface area contributed by atoms with Gasteiger partial charge in [0, 0.05) is 43.6 Å². The SMILES string of the molecule is CC(C)(O)CNc1cc(N2CC[C@H](N)C2)ccn1. The Morgan fingerprint density at radius 2 is 2.39 bits per heavy atom. The second-order valence-corrected chi connectivity index (χ2v) is 5.56. The molecule has 0 bridgehead atoms. The molecule has 1 aliphatic rings. The van der Waals surface area contributed by atoms with Crippen LogP contribution in [0.5, 0.6) is 0 Å². The lowest BCUT2D eigenvalue weighted by molar-refractivity contribution is 0.0944. The summed E-state index contributed by atoms with van der Waals surface area (Å²) >= 11 is 0. The first-order chi connectivity index (χ1) is 8.44. The minimum absolute atomic E-state index is 0.269. The molecule has 2 rings (SSSR count). The number of nitrogens with two attached hydrogens (primary N) is 1. The van der Waals surface area contributed by atoms with E-state index < -0.39 is 5.60 Å². The van der Waals surface area contributed by atoms with E-state index in [2.05, 4.69) is 15.2 Å². The van der Waals surface area contributed by atoms with Crippen LogP contribution >= 0.6 is 0 Å². The molecule has 18 heavy (non-hydrogen) atoms. The van der Waals surface area contributed by atoms with Crippen molar-refractivity contribution in [2.24, 2.45) is 5.73 Å². The van der Waals surface area contributed by atoms with Crippen LogP contribution in [-0.4, -0.2) is 41.4 Å². The second kappa shape index (κ2) is 5.12. The Bertz CT molecular complexity index is 402. The molecule has 4 N–H and O–H groups in total. The molecule has 1 saturated heterocycles. The average Bonchev–Trinajstić information content (AvgIpc) is 2.73. The van der Waals surface area contributed by atoms with Crippen LogP contribution < -0.4 is 16.0 Å². The summed E-state index contributed by atoms with van der Waals surface area (Å²) in [5.74, 6) is 0.787. The normalized spacial score (nSPS) is 20.2. The number of nitrogens with one attached hydrogen (secondary N) is 1. The molecule has 1 fully saturated rings. The van der Waals surface area contributed by atoms with E-state index >= 15 is 0 Å². The van der Waals surface area contributed by atoms with E-state index in [1.165, 1.54) is 0 Å². The molecule has 100 valence electrons. The zero-order chi connectivity index (χ0) is 13.2. The lowest BCUT2D eigenvalue weighted by atomic mass is 10.1. The molecule has 1 aliphatic heterocycles. The zero-order valence-corrected chi connectivity index (χ0v) is 11.1. The molecule has 1 aromatic rings. The van der Waals surface area contributed by atoms with Gasteiger partial charge in [0.1, 0.15) is 5.82 Å². The third-order valence-electron chi connectivity index (χ3n) is 3.04. The maximum Gasteiger partial charge on any atom is 0.128 e. The van der Waals surface area contributed by atoms with E-state index in [-0.39, 0.29) is 6.04 Å². The highest BCUT2D eigenvalue weighted by Crippen LogP contribution is 2.21. The highest BCUT2D eigenvalue weighted by molar-refractivity contribution is 5.54. The molecular weight excluding hydrogens is 228 g/mol. The Morgan fingerprint density at radius 3 is 3.00 bits per heavy atom. The van der Waals surface area contributed by atoms with Crippen LogP contribution in [0.1, 0.15) is 20.3 Å². The minimum Gasteiger partial charge on any atom is -0.389 e. The molecule has 0 spiro atoms. The fourth-order valence-corrected chi connectivity index (χ4v) is 2.04. The molecule has 5 nitrogen and oxygen atoms in total. The van der Waals surface area contributed by atoms with Crippen LogP contribution in [0.2, 0.25) is 0 Å². The van der Waals surface area contributed by atoms with Gasteiger partial charge >= 0.3 is 0 Å². The molecule has 5 heteroatoms. The van der Waals surface area contributed by atoms with Gasteiger partial charge in [-0.1, -0.05) is 0 Å². The predicted molar refractivity (Wildman–Crippen MR) is 73.8 cm³/mol. The lowest BCUT2D eigenvalue weighted by Crippen LogP contribution is -2.30. The number of hydrogen-bond acceptors (Lipinski definition) is 5. The third kappa shape index (κ3) is 3.58. The van der Waals surface area contributed by atoms with Crippen LogP contribution in [-0.2, 0) is 0 Å². The van der Waals surface area contributed by atoms with E-state index in [0.717, 1.165) is 31.0 Å². The van der Waals surface area contributed by atoms with Crippen molar-refractivity contribution in [2.45, 2.75) is 31.9 Å². The first-order valence-electron chi connectivity index (χ1n) is 6.37. The Labute approximate surface area is 108 Å². The van der Waals surface area contributed by atoms with E-state index in [4.69, 9.17) is 5.73 Å². The van der Waals surface area contributed by atoms with Gasteiger partial charge in [-0.25, -0.2) is 4.98 Å². The smallest absolute Gasteiger partial charge is 0.128 e. The summed E-state index contributed by atoms with van der Waals surface area (Å²) in [5.41, 5.74) is 6.30. The number of aromatic nitrogens is 1. The fraction of sp³-hybridized carbons (Fsp3) is 0.615. The van der Waals surface area contributed by atoms with Gasteiger partial charge in [-0.2, -0.15) is 0 Å². The molecular formula is C13H22N4O.